The van der Waals surface area contributed by atoms with Crippen molar-refractivity contribution in [1.29, 1.82) is 5.41 Å². The number of rotatable bonds is 2. The van der Waals surface area contributed by atoms with Crippen molar-refractivity contribution >= 4 is 17.3 Å². The highest BCUT2D eigenvalue weighted by Crippen LogP contribution is 2.32. The summed E-state index contributed by atoms with van der Waals surface area (Å²) in [5.74, 6) is 0.802. The van der Waals surface area contributed by atoms with Crippen LogP contribution in [0.25, 0.3) is 5.57 Å². The third-order valence-electron chi connectivity index (χ3n) is 4.25. The molecular weight excluding hydrogens is 316 g/mol. The van der Waals surface area contributed by atoms with Crippen molar-refractivity contribution in [3.8, 4) is 5.75 Å². The van der Waals surface area contributed by atoms with Crippen molar-refractivity contribution in [2.45, 2.75) is 6.54 Å². The zero-order valence-corrected chi connectivity index (χ0v) is 14.4. The van der Waals surface area contributed by atoms with Gasteiger partial charge in [-0.1, -0.05) is 18.2 Å². The monoisotopic (exact) mass is 338 g/mol. The van der Waals surface area contributed by atoms with Crippen LogP contribution >= 0.6 is 0 Å². The first-order valence-electron chi connectivity index (χ1n) is 8.22. The van der Waals surface area contributed by atoms with Gasteiger partial charge in [-0.25, -0.2) is 4.79 Å². The number of hydrogen-bond donors (Lipinski definition) is 3. The molecule has 0 bridgehead atoms. The summed E-state index contributed by atoms with van der Waals surface area (Å²) in [6, 6.07) is 5.87. The predicted octanol–water partition coefficient (Wildman–Crippen LogP) is 2.30. The highest BCUT2D eigenvalue weighted by atomic mass is 16.5. The minimum Gasteiger partial charge on any atom is -0.491 e. The van der Waals surface area contributed by atoms with E-state index >= 15 is 0 Å². The molecule has 6 heteroatoms. The molecule has 1 aliphatic carbocycles. The Balaban J connectivity index is 1.98. The Bertz CT molecular complexity index is 793. The van der Waals surface area contributed by atoms with Crippen LogP contribution in [-0.4, -0.2) is 43.9 Å². The first kappa shape index (κ1) is 16.8. The molecule has 1 aromatic carbocycles. The van der Waals surface area contributed by atoms with E-state index in [0.29, 0.717) is 25.4 Å². The van der Waals surface area contributed by atoms with Crippen LogP contribution in [0.5, 0.6) is 5.75 Å². The summed E-state index contributed by atoms with van der Waals surface area (Å²) >= 11 is 0. The molecule has 0 aromatic heterocycles. The highest BCUT2D eigenvalue weighted by Gasteiger charge is 2.21. The number of amides is 2. The van der Waals surface area contributed by atoms with E-state index < -0.39 is 0 Å². The number of allylic oxidation sites excluding steroid dienone is 5. The second kappa shape index (κ2) is 7.25. The largest absolute Gasteiger partial charge is 0.491 e. The van der Waals surface area contributed by atoms with Crippen LogP contribution in [0.3, 0.4) is 0 Å². The molecule has 3 rings (SSSR count). The summed E-state index contributed by atoms with van der Waals surface area (Å²) in [4.78, 5) is 13.7. The van der Waals surface area contributed by atoms with Gasteiger partial charge in [0.2, 0.25) is 0 Å². The molecule has 6 nitrogen and oxygen atoms in total. The van der Waals surface area contributed by atoms with Crippen LogP contribution in [0.4, 0.5) is 4.79 Å². The maximum absolute atomic E-state index is 12.0. The Morgan fingerprint density at radius 1 is 1.36 bits per heavy atom. The molecule has 0 radical (unpaired) electrons. The molecule has 1 aromatic rings. The van der Waals surface area contributed by atoms with Crippen molar-refractivity contribution in [3.63, 3.8) is 0 Å². The lowest BCUT2D eigenvalue weighted by Gasteiger charge is -2.20. The van der Waals surface area contributed by atoms with Gasteiger partial charge in [0.25, 0.3) is 0 Å². The Hall–Kier alpha value is -3.02. The first-order valence-corrected chi connectivity index (χ1v) is 8.22. The minimum absolute atomic E-state index is 0.112. The topological polar surface area (TPSA) is 77.5 Å². The molecule has 2 aliphatic rings. The Labute approximate surface area is 147 Å². The molecule has 1 aliphatic heterocycles. The third kappa shape index (κ3) is 3.42. The zero-order chi connectivity index (χ0) is 17.8. The van der Waals surface area contributed by atoms with Crippen molar-refractivity contribution in [1.82, 2.24) is 15.5 Å². The molecule has 25 heavy (non-hydrogen) atoms. The lowest BCUT2D eigenvalue weighted by molar-refractivity contribution is 0.190. The molecular formula is C19H22N4O2. The maximum atomic E-state index is 12.0. The number of nitrogens with one attached hydrogen (secondary N) is 3. The van der Waals surface area contributed by atoms with Gasteiger partial charge in [0.15, 0.2) is 0 Å². The number of benzene rings is 1. The summed E-state index contributed by atoms with van der Waals surface area (Å²) < 4.78 is 5.79. The molecule has 3 N–H and O–H groups in total. The van der Waals surface area contributed by atoms with Gasteiger partial charge in [-0.2, -0.15) is 0 Å². The fraction of sp³-hybridized carbons (Fsp3) is 0.263. The number of nitrogens with zero attached hydrogens (tertiary/aromatic N) is 1. The number of urea groups is 1. The number of carbonyl (C=O) groups is 1. The average molecular weight is 338 g/mol. The van der Waals surface area contributed by atoms with E-state index in [9.17, 15) is 4.79 Å². The van der Waals surface area contributed by atoms with Gasteiger partial charge in [-0.05, 0) is 29.3 Å². The number of ether oxygens (including phenoxy) is 1. The van der Waals surface area contributed by atoms with Crippen LogP contribution in [0.2, 0.25) is 0 Å². The van der Waals surface area contributed by atoms with Gasteiger partial charge in [-0.3, -0.25) is 0 Å². The van der Waals surface area contributed by atoms with Crippen molar-refractivity contribution in [2.75, 3.05) is 27.2 Å². The molecule has 0 atom stereocenters. The second-order valence-corrected chi connectivity index (χ2v) is 5.85. The maximum Gasteiger partial charge on any atom is 0.317 e. The van der Waals surface area contributed by atoms with E-state index in [0.717, 1.165) is 28.0 Å². The molecule has 2 amide bonds. The molecule has 0 unspecified atom stereocenters. The lowest BCUT2D eigenvalue weighted by Crippen LogP contribution is -2.38. The van der Waals surface area contributed by atoms with Gasteiger partial charge < -0.3 is 25.7 Å². The van der Waals surface area contributed by atoms with E-state index in [1.165, 1.54) is 0 Å². The van der Waals surface area contributed by atoms with E-state index in [1.54, 1.807) is 18.0 Å². The van der Waals surface area contributed by atoms with Gasteiger partial charge in [0, 0.05) is 31.4 Å². The van der Waals surface area contributed by atoms with Crippen LogP contribution in [0, 0.1) is 5.41 Å². The summed E-state index contributed by atoms with van der Waals surface area (Å²) in [7, 11) is 3.45. The van der Waals surface area contributed by atoms with Crippen LogP contribution in [0.1, 0.15) is 11.1 Å². The average Bonchev–Trinajstić information content (AvgIpc) is 2.84. The van der Waals surface area contributed by atoms with Crippen molar-refractivity contribution in [3.05, 3.63) is 59.3 Å². The molecule has 0 fully saturated rings. The molecule has 130 valence electrons. The minimum atomic E-state index is -0.112. The Morgan fingerprint density at radius 2 is 2.20 bits per heavy atom. The summed E-state index contributed by atoms with van der Waals surface area (Å²) in [6.45, 7) is 1.51. The molecule has 0 saturated heterocycles. The Kier molecular flexibility index (Phi) is 4.88. The normalized spacial score (nSPS) is 18.2. The number of fused-ring (bicyclic) bond motifs is 1. The zero-order valence-electron chi connectivity index (χ0n) is 14.4. The Morgan fingerprint density at radius 3 is 2.96 bits per heavy atom. The highest BCUT2D eigenvalue weighted by molar-refractivity contribution is 6.19. The first-order chi connectivity index (χ1) is 12.1. The number of carbonyl (C=O) groups excluding carboxylic acids is 1. The molecule has 0 saturated carbocycles. The third-order valence-corrected chi connectivity index (χ3v) is 4.25. The predicted molar refractivity (Wildman–Crippen MR) is 98.8 cm³/mol. The van der Waals surface area contributed by atoms with Crippen LogP contribution in [-0.2, 0) is 6.54 Å². The summed E-state index contributed by atoms with van der Waals surface area (Å²) in [5.41, 5.74) is 4.23. The number of hydrogen-bond acceptors (Lipinski definition) is 4. The SMILES string of the molecule is CN/C=C1\C(=N)C=CC=C1c1ccc2c(c1)CN(C(=O)NC)CCO2. The van der Waals surface area contributed by atoms with E-state index in [4.69, 9.17) is 10.1 Å². The summed E-state index contributed by atoms with van der Waals surface area (Å²) in [5, 5.41) is 13.8. The van der Waals surface area contributed by atoms with E-state index in [1.807, 2.05) is 43.6 Å². The summed E-state index contributed by atoms with van der Waals surface area (Å²) in [6.07, 6.45) is 7.48. The van der Waals surface area contributed by atoms with E-state index in [-0.39, 0.29) is 6.03 Å². The fourth-order valence-corrected chi connectivity index (χ4v) is 3.01. The standard InChI is InChI=1S/C19H22N4O2/c1-21-11-16-15(4-3-5-17(16)20)13-6-7-18-14(10-13)12-23(8-9-25-18)19(24)22-2/h3-7,10-11,20-21H,8-9,12H2,1-2H3,(H,22,24)/b16-11-,20-17?. The van der Waals surface area contributed by atoms with Crippen molar-refractivity contribution < 1.29 is 9.53 Å². The fourth-order valence-electron chi connectivity index (χ4n) is 3.01. The van der Waals surface area contributed by atoms with E-state index in [2.05, 4.69) is 10.6 Å². The van der Waals surface area contributed by atoms with Crippen LogP contribution in [0.15, 0.2) is 48.2 Å². The van der Waals surface area contributed by atoms with Gasteiger partial charge in [0.05, 0.1) is 18.8 Å². The van der Waals surface area contributed by atoms with Gasteiger partial charge >= 0.3 is 6.03 Å². The van der Waals surface area contributed by atoms with Crippen LogP contribution < -0.4 is 15.4 Å². The van der Waals surface area contributed by atoms with Gasteiger partial charge in [-0.15, -0.1) is 0 Å². The quantitative estimate of drug-likeness (QED) is 0.774. The van der Waals surface area contributed by atoms with Gasteiger partial charge in [0.1, 0.15) is 12.4 Å². The second-order valence-electron chi connectivity index (χ2n) is 5.85. The smallest absolute Gasteiger partial charge is 0.317 e. The molecule has 0 spiro atoms. The lowest BCUT2D eigenvalue weighted by atomic mass is 9.90. The van der Waals surface area contributed by atoms with Crippen molar-refractivity contribution in [2.24, 2.45) is 0 Å². The molecule has 1 heterocycles.